The van der Waals surface area contributed by atoms with Crippen molar-refractivity contribution in [1.82, 2.24) is 29.0 Å². The highest BCUT2D eigenvalue weighted by Gasteiger charge is 2.31. The summed E-state index contributed by atoms with van der Waals surface area (Å²) in [4.78, 5) is 16.4. The zero-order chi connectivity index (χ0) is 50.0. The lowest BCUT2D eigenvalue weighted by atomic mass is 9.72. The minimum atomic E-state index is -0.0277. The third kappa shape index (κ3) is 12.3. The molecule has 8 rings (SSSR count). The average Bonchev–Trinajstić information content (AvgIpc) is 3.99. The molecule has 3 aromatic heterocycles. The number of aromatic hydroxyl groups is 3. The fraction of sp³-hybridized carbons (Fsp3) is 0.421. The van der Waals surface area contributed by atoms with Crippen molar-refractivity contribution >= 4 is 11.0 Å². The number of benzene rings is 5. The van der Waals surface area contributed by atoms with Gasteiger partial charge in [-0.15, -0.1) is 14.1 Å². The molecule has 13 nitrogen and oxygen atoms in total. The Hall–Kier alpha value is -6.89. The number of hydrogen-bond donors (Lipinski definition) is 3. The topological polar surface area (TPSA) is 150 Å². The van der Waals surface area contributed by atoms with Crippen molar-refractivity contribution in [1.29, 1.82) is 0 Å². The molecule has 0 spiro atoms. The number of phenolic OH excluding ortho intramolecular Hbond substituents is 3. The minimum Gasteiger partial charge on any atom is -0.507 e. The van der Waals surface area contributed by atoms with Gasteiger partial charge < -0.3 is 34.3 Å². The van der Waals surface area contributed by atoms with E-state index in [9.17, 15) is 15.3 Å². The Kier molecular flexibility index (Phi) is 16.5. The predicted molar refractivity (Wildman–Crippen MR) is 279 cm³/mol. The van der Waals surface area contributed by atoms with Gasteiger partial charge in [0.2, 0.25) is 0 Å². The van der Waals surface area contributed by atoms with Gasteiger partial charge in [-0.1, -0.05) is 106 Å². The van der Waals surface area contributed by atoms with Crippen LogP contribution in [0.3, 0.4) is 0 Å². The summed E-state index contributed by atoms with van der Waals surface area (Å²) in [6, 6.07) is 30.0. The summed E-state index contributed by atoms with van der Waals surface area (Å²) >= 11 is 0. The number of unbranched alkanes of at least 4 members (excludes halogenated alkanes) is 4. The molecule has 0 aliphatic rings. The van der Waals surface area contributed by atoms with E-state index < -0.39 is 0 Å². The Morgan fingerprint density at radius 3 is 1.34 bits per heavy atom. The van der Waals surface area contributed by atoms with Gasteiger partial charge in [0.25, 0.3) is 0 Å². The molecule has 0 saturated carbocycles. The molecule has 0 saturated heterocycles. The standard InChI is InChI=1S/C37H47N3O6.C20H25N3O/c1-5-9-19-43-26-13-16-29(32(41)23-26)35-38-36(30-17-14-27(24-33(30)42)44-20-10-6-2)40-37(39-35)31-18-15-28(45-21-11-7-3)25-34(31)46-22-12-8-4;1-19(2,3)13-20(4,5)14-10-11-18(24)17(12-14)23-21-15-8-6-7-9-16(15)22(21)23/h13-18,23-25,41-42H,5-12,19-22H2,1-4H3;6-12,24H,13H2,1-5H3. The van der Waals surface area contributed by atoms with Gasteiger partial charge in [0, 0.05) is 18.2 Å². The van der Waals surface area contributed by atoms with Crippen LogP contribution in [0.2, 0.25) is 0 Å². The van der Waals surface area contributed by atoms with Crippen molar-refractivity contribution in [3.63, 3.8) is 0 Å². The van der Waals surface area contributed by atoms with E-state index in [0.717, 1.165) is 63.5 Å². The number of ether oxygens (including phenoxy) is 4. The van der Waals surface area contributed by atoms with Gasteiger partial charge in [0.15, 0.2) is 17.5 Å². The van der Waals surface area contributed by atoms with Crippen LogP contribution in [0.4, 0.5) is 0 Å². The van der Waals surface area contributed by atoms with Gasteiger partial charge in [0.05, 0.1) is 43.1 Å². The third-order valence-electron chi connectivity index (χ3n) is 12.1. The maximum Gasteiger partial charge on any atom is 0.167 e. The molecule has 3 heterocycles. The van der Waals surface area contributed by atoms with Crippen LogP contribution in [-0.4, -0.2) is 70.8 Å². The zero-order valence-corrected chi connectivity index (χ0v) is 42.6. The van der Waals surface area contributed by atoms with Gasteiger partial charge in [-0.25, -0.2) is 15.0 Å². The largest absolute Gasteiger partial charge is 0.507 e. The second-order valence-electron chi connectivity index (χ2n) is 19.8. The smallest absolute Gasteiger partial charge is 0.167 e. The molecule has 0 aliphatic carbocycles. The number of hydrogen-bond acceptors (Lipinski definition) is 10. The molecule has 3 N–H and O–H groups in total. The first-order valence-corrected chi connectivity index (χ1v) is 25.1. The molecular weight excluding hydrogens is 881 g/mol. The molecule has 0 fully saturated rings. The maximum atomic E-state index is 11.1. The Morgan fingerprint density at radius 1 is 0.471 bits per heavy atom. The quantitative estimate of drug-likeness (QED) is 0.0560. The summed E-state index contributed by atoms with van der Waals surface area (Å²) in [6.07, 6.45) is 8.78. The summed E-state index contributed by atoms with van der Waals surface area (Å²) in [5.41, 5.74) is 6.19. The lowest BCUT2D eigenvalue weighted by Gasteiger charge is -2.33. The van der Waals surface area contributed by atoms with Gasteiger partial charge in [0.1, 0.15) is 57.0 Å². The summed E-state index contributed by atoms with van der Waals surface area (Å²) in [7, 11) is 0. The molecule has 13 heteroatoms. The van der Waals surface area contributed by atoms with Crippen LogP contribution >= 0.6 is 0 Å². The molecule has 70 heavy (non-hydrogen) atoms. The molecule has 0 aliphatic heterocycles. The Labute approximate surface area is 413 Å². The zero-order valence-electron chi connectivity index (χ0n) is 42.6. The molecule has 0 radical (unpaired) electrons. The molecule has 372 valence electrons. The van der Waals surface area contributed by atoms with Crippen LogP contribution in [0.5, 0.6) is 40.2 Å². The van der Waals surface area contributed by atoms with Crippen molar-refractivity contribution in [2.75, 3.05) is 26.4 Å². The lowest BCUT2D eigenvalue weighted by Crippen LogP contribution is -2.24. The van der Waals surface area contributed by atoms with E-state index in [4.69, 9.17) is 33.9 Å². The number of fused-ring (bicyclic) bond motifs is 4. The van der Waals surface area contributed by atoms with E-state index in [1.54, 1.807) is 36.4 Å². The van der Waals surface area contributed by atoms with Gasteiger partial charge in [-0.05, 0) is 109 Å². The molecule has 0 amide bonds. The maximum absolute atomic E-state index is 11.1. The van der Waals surface area contributed by atoms with E-state index in [-0.39, 0.29) is 34.0 Å². The lowest BCUT2D eigenvalue weighted by molar-refractivity contribution is 0.284. The van der Waals surface area contributed by atoms with Gasteiger partial charge in [-0.3, -0.25) is 0 Å². The predicted octanol–water partition coefficient (Wildman–Crippen LogP) is 13.8. The van der Waals surface area contributed by atoms with Crippen LogP contribution < -0.4 is 18.9 Å². The second kappa shape index (κ2) is 22.7. The molecule has 8 aromatic rings. The van der Waals surface area contributed by atoms with Crippen LogP contribution in [-0.2, 0) is 5.41 Å². The number of phenols is 3. The molecule has 0 unspecified atom stereocenters. The fourth-order valence-corrected chi connectivity index (χ4v) is 8.57. The van der Waals surface area contributed by atoms with Crippen LogP contribution in [0, 0.1) is 5.41 Å². The Morgan fingerprint density at radius 2 is 0.900 bits per heavy atom. The summed E-state index contributed by atoms with van der Waals surface area (Å²) in [5.74, 6) is 3.47. The minimum absolute atomic E-state index is 0.0277. The normalized spacial score (nSPS) is 11.8. The average molecular weight is 953 g/mol. The van der Waals surface area contributed by atoms with Crippen LogP contribution in [0.15, 0.2) is 97.1 Å². The third-order valence-corrected chi connectivity index (χ3v) is 12.1. The second-order valence-corrected chi connectivity index (χ2v) is 19.8. The van der Waals surface area contributed by atoms with Gasteiger partial charge in [-0.2, -0.15) is 0 Å². The number of nitrogens with zero attached hydrogens (tertiary/aromatic N) is 6. The number of aromatic nitrogens is 6. The highest BCUT2D eigenvalue weighted by atomic mass is 16.5. The van der Waals surface area contributed by atoms with E-state index in [1.165, 1.54) is 16.6 Å². The monoisotopic (exact) mass is 953 g/mol. The van der Waals surface area contributed by atoms with Crippen molar-refractivity contribution in [2.45, 2.75) is 126 Å². The van der Waals surface area contributed by atoms with E-state index in [2.05, 4.69) is 89.8 Å². The first kappa shape index (κ1) is 51.0. The molecule has 5 aromatic carbocycles. The first-order valence-electron chi connectivity index (χ1n) is 25.1. The van der Waals surface area contributed by atoms with Crippen molar-refractivity contribution in [3.05, 3.63) is 103 Å². The number of para-hydroxylation sites is 2. The number of rotatable bonds is 22. The summed E-state index contributed by atoms with van der Waals surface area (Å²) < 4.78 is 27.9. The molecule has 0 atom stereocenters. The highest BCUT2D eigenvalue weighted by molar-refractivity contribution is 5.80. The van der Waals surface area contributed by atoms with Crippen molar-refractivity contribution < 1.29 is 34.3 Å². The SMILES string of the molecule is CC(C)(C)CC(C)(C)c1ccc(O)c(-n2n3c4ccccc4n23)c1.CCCCOc1ccc(-c2nc(-c3ccc(OCCCC)cc3O)nc(-c3ccc(OCCCC)cc3OCCCC)n2)c(O)c1. The van der Waals surface area contributed by atoms with E-state index >= 15 is 0 Å². The highest BCUT2D eigenvalue weighted by Crippen LogP contribution is 2.41. The fourth-order valence-electron chi connectivity index (χ4n) is 8.57. The van der Waals surface area contributed by atoms with E-state index in [1.807, 2.05) is 47.3 Å². The molecule has 0 bridgehead atoms. The Balaban J connectivity index is 0.000000250. The van der Waals surface area contributed by atoms with Crippen LogP contribution in [0.25, 0.3) is 50.9 Å². The van der Waals surface area contributed by atoms with Crippen molar-refractivity contribution in [3.8, 4) is 80.1 Å². The van der Waals surface area contributed by atoms with Crippen molar-refractivity contribution in [2.24, 2.45) is 5.41 Å². The Bertz CT molecular complexity index is 2820. The van der Waals surface area contributed by atoms with E-state index in [0.29, 0.717) is 77.7 Å². The first-order chi connectivity index (χ1) is 33.7. The summed E-state index contributed by atoms with van der Waals surface area (Å²) in [6.45, 7) is 22.1. The van der Waals surface area contributed by atoms with Crippen LogP contribution in [0.1, 0.15) is 126 Å². The van der Waals surface area contributed by atoms with Gasteiger partial charge >= 0.3 is 0 Å². The summed E-state index contributed by atoms with van der Waals surface area (Å²) in [5, 5.41) is 32.5. The molecular formula is C57H72N6O7.